The molecule has 9 heteroatoms. The van der Waals surface area contributed by atoms with Crippen LogP contribution >= 0.6 is 0 Å². The van der Waals surface area contributed by atoms with Crippen LogP contribution in [0, 0.1) is 0 Å². The first kappa shape index (κ1) is 21.5. The number of primary sulfonamides is 1. The molecule has 0 saturated carbocycles. The summed E-state index contributed by atoms with van der Waals surface area (Å²) < 4.78 is 39.4. The van der Waals surface area contributed by atoms with Gasteiger partial charge < -0.3 is 14.2 Å². The van der Waals surface area contributed by atoms with Crippen molar-refractivity contribution in [2.24, 2.45) is 5.14 Å². The lowest BCUT2D eigenvalue weighted by molar-refractivity contribution is 0.324. The standard InChI is InChI=1S/C23H21N3O5S/c1-29-20-11-15(12-21(30-2)23(20)31-3)19-13-25-18-6-4-5-17(22(18)26-19)14-7-9-16(10-8-14)32(24,27)28/h4-13H,1-3H3,(H2,24,27,28). The van der Waals surface area contributed by atoms with E-state index in [9.17, 15) is 8.42 Å². The van der Waals surface area contributed by atoms with Crippen molar-refractivity contribution in [1.82, 2.24) is 9.97 Å². The lowest BCUT2D eigenvalue weighted by atomic mass is 10.0. The van der Waals surface area contributed by atoms with Crippen molar-refractivity contribution in [3.63, 3.8) is 0 Å². The highest BCUT2D eigenvalue weighted by Gasteiger charge is 2.16. The Balaban J connectivity index is 1.87. The summed E-state index contributed by atoms with van der Waals surface area (Å²) in [7, 11) is 0.881. The fraction of sp³-hybridized carbons (Fsp3) is 0.130. The summed E-state index contributed by atoms with van der Waals surface area (Å²) in [6, 6.07) is 15.6. The SMILES string of the molecule is COc1cc(-c2cnc3cccc(-c4ccc(S(N)(=O)=O)cc4)c3n2)cc(OC)c1OC. The molecule has 3 aromatic carbocycles. The van der Waals surface area contributed by atoms with Crippen LogP contribution in [0.4, 0.5) is 0 Å². The minimum atomic E-state index is -3.77. The number of hydrogen-bond donors (Lipinski definition) is 1. The van der Waals surface area contributed by atoms with Gasteiger partial charge in [0.1, 0.15) is 0 Å². The lowest BCUT2D eigenvalue weighted by Crippen LogP contribution is -2.11. The molecule has 0 bridgehead atoms. The van der Waals surface area contributed by atoms with E-state index in [0.29, 0.717) is 34.0 Å². The van der Waals surface area contributed by atoms with Crippen molar-refractivity contribution in [3.8, 4) is 39.6 Å². The van der Waals surface area contributed by atoms with Crippen LogP contribution in [0.15, 0.2) is 65.7 Å². The van der Waals surface area contributed by atoms with Gasteiger partial charge in [0.15, 0.2) is 11.5 Å². The highest BCUT2D eigenvalue weighted by molar-refractivity contribution is 7.89. The van der Waals surface area contributed by atoms with Crippen molar-refractivity contribution in [2.75, 3.05) is 21.3 Å². The quantitative estimate of drug-likeness (QED) is 0.476. The smallest absolute Gasteiger partial charge is 0.238 e. The fourth-order valence-corrected chi connectivity index (χ4v) is 3.97. The van der Waals surface area contributed by atoms with E-state index in [4.69, 9.17) is 24.3 Å². The van der Waals surface area contributed by atoms with E-state index in [-0.39, 0.29) is 4.90 Å². The molecule has 0 radical (unpaired) electrons. The molecular weight excluding hydrogens is 430 g/mol. The molecule has 8 nitrogen and oxygen atoms in total. The Hall–Kier alpha value is -3.69. The predicted molar refractivity (Wildman–Crippen MR) is 121 cm³/mol. The Kier molecular flexibility index (Phi) is 5.68. The number of rotatable bonds is 6. The van der Waals surface area contributed by atoms with Gasteiger partial charge in [0.05, 0.1) is 49.1 Å². The molecule has 0 spiro atoms. The first-order chi connectivity index (χ1) is 15.4. The summed E-state index contributed by atoms with van der Waals surface area (Å²) in [5, 5.41) is 5.21. The van der Waals surface area contributed by atoms with Crippen LogP contribution in [0.2, 0.25) is 0 Å². The van der Waals surface area contributed by atoms with Gasteiger partial charge in [-0.15, -0.1) is 0 Å². The van der Waals surface area contributed by atoms with Gasteiger partial charge in [0.25, 0.3) is 0 Å². The van der Waals surface area contributed by atoms with Crippen molar-refractivity contribution < 1.29 is 22.6 Å². The molecule has 0 saturated heterocycles. The third kappa shape index (κ3) is 3.95. The van der Waals surface area contributed by atoms with Crippen LogP contribution < -0.4 is 19.3 Å². The molecule has 0 fully saturated rings. The zero-order chi connectivity index (χ0) is 22.9. The molecule has 1 heterocycles. The summed E-state index contributed by atoms with van der Waals surface area (Å²) in [6.45, 7) is 0. The average Bonchev–Trinajstić information content (AvgIpc) is 2.81. The Morgan fingerprint density at radius 3 is 2.06 bits per heavy atom. The van der Waals surface area contributed by atoms with E-state index < -0.39 is 10.0 Å². The molecule has 0 aliphatic heterocycles. The highest BCUT2D eigenvalue weighted by atomic mass is 32.2. The fourth-order valence-electron chi connectivity index (χ4n) is 3.46. The van der Waals surface area contributed by atoms with Gasteiger partial charge in [0, 0.05) is 11.1 Å². The Morgan fingerprint density at radius 2 is 1.50 bits per heavy atom. The van der Waals surface area contributed by atoms with Gasteiger partial charge in [-0.2, -0.15) is 0 Å². The van der Waals surface area contributed by atoms with Crippen LogP contribution in [0.25, 0.3) is 33.4 Å². The molecule has 0 amide bonds. The topological polar surface area (TPSA) is 114 Å². The minimum absolute atomic E-state index is 0.0469. The van der Waals surface area contributed by atoms with E-state index in [1.165, 1.54) is 12.1 Å². The summed E-state index contributed by atoms with van der Waals surface area (Å²) in [5.74, 6) is 1.51. The van der Waals surface area contributed by atoms with Crippen LogP contribution in [0.1, 0.15) is 0 Å². The van der Waals surface area contributed by atoms with Crippen molar-refractivity contribution in [1.29, 1.82) is 0 Å². The molecule has 32 heavy (non-hydrogen) atoms. The Labute approximate surface area is 185 Å². The van der Waals surface area contributed by atoms with Crippen molar-refractivity contribution in [3.05, 3.63) is 60.8 Å². The van der Waals surface area contributed by atoms with E-state index in [0.717, 1.165) is 16.7 Å². The van der Waals surface area contributed by atoms with Crippen LogP contribution in [-0.4, -0.2) is 39.7 Å². The number of nitrogens with two attached hydrogens (primary N) is 1. The third-order valence-electron chi connectivity index (χ3n) is 5.03. The van der Waals surface area contributed by atoms with Gasteiger partial charge in [-0.25, -0.2) is 18.5 Å². The number of para-hydroxylation sites is 1. The first-order valence-electron chi connectivity index (χ1n) is 9.55. The maximum atomic E-state index is 11.6. The zero-order valence-electron chi connectivity index (χ0n) is 17.7. The second kappa shape index (κ2) is 8.45. The molecule has 0 unspecified atom stereocenters. The van der Waals surface area contributed by atoms with Gasteiger partial charge >= 0.3 is 0 Å². The second-order valence-corrected chi connectivity index (χ2v) is 8.47. The second-order valence-electron chi connectivity index (χ2n) is 6.91. The van der Waals surface area contributed by atoms with E-state index in [1.54, 1.807) is 51.8 Å². The number of hydrogen-bond acceptors (Lipinski definition) is 7. The summed E-state index contributed by atoms with van der Waals surface area (Å²) in [5.41, 5.74) is 4.33. The summed E-state index contributed by atoms with van der Waals surface area (Å²) in [4.78, 5) is 9.45. The normalized spacial score (nSPS) is 11.4. The maximum absolute atomic E-state index is 11.6. The molecule has 164 valence electrons. The van der Waals surface area contributed by atoms with Gasteiger partial charge in [-0.3, -0.25) is 4.98 Å². The number of nitrogens with zero attached hydrogens (tertiary/aromatic N) is 2. The molecule has 0 atom stereocenters. The number of fused-ring (bicyclic) bond motifs is 1. The Morgan fingerprint density at radius 1 is 0.844 bits per heavy atom. The number of ether oxygens (including phenoxy) is 3. The zero-order valence-corrected chi connectivity index (χ0v) is 18.5. The van der Waals surface area contributed by atoms with E-state index >= 15 is 0 Å². The maximum Gasteiger partial charge on any atom is 0.238 e. The number of methoxy groups -OCH3 is 3. The Bertz CT molecular complexity index is 1380. The van der Waals surface area contributed by atoms with Crippen LogP contribution in [-0.2, 0) is 10.0 Å². The van der Waals surface area contributed by atoms with Crippen molar-refractivity contribution in [2.45, 2.75) is 4.90 Å². The number of benzene rings is 3. The number of aromatic nitrogens is 2. The van der Waals surface area contributed by atoms with Crippen molar-refractivity contribution >= 4 is 21.1 Å². The molecule has 4 rings (SSSR count). The number of sulfonamides is 1. The molecule has 1 aromatic heterocycles. The molecule has 0 aliphatic carbocycles. The van der Waals surface area contributed by atoms with E-state index in [1.807, 2.05) is 18.2 Å². The largest absolute Gasteiger partial charge is 0.493 e. The highest BCUT2D eigenvalue weighted by Crippen LogP contribution is 2.41. The minimum Gasteiger partial charge on any atom is -0.493 e. The monoisotopic (exact) mass is 451 g/mol. The van der Waals surface area contributed by atoms with Crippen LogP contribution in [0.3, 0.4) is 0 Å². The van der Waals surface area contributed by atoms with E-state index in [2.05, 4.69) is 4.98 Å². The van der Waals surface area contributed by atoms with Crippen LogP contribution in [0.5, 0.6) is 17.2 Å². The summed E-state index contributed by atoms with van der Waals surface area (Å²) >= 11 is 0. The van der Waals surface area contributed by atoms with Gasteiger partial charge in [0.2, 0.25) is 15.8 Å². The lowest BCUT2D eigenvalue weighted by Gasteiger charge is -2.14. The molecule has 0 aliphatic rings. The average molecular weight is 452 g/mol. The van der Waals surface area contributed by atoms with Gasteiger partial charge in [-0.1, -0.05) is 24.3 Å². The molecule has 2 N–H and O–H groups in total. The predicted octanol–water partition coefficient (Wildman–Crippen LogP) is 3.64. The molecule has 4 aromatic rings. The van der Waals surface area contributed by atoms with Gasteiger partial charge in [-0.05, 0) is 35.9 Å². The first-order valence-corrected chi connectivity index (χ1v) is 11.1. The summed E-state index contributed by atoms with van der Waals surface area (Å²) in [6.07, 6.45) is 1.68. The molecular formula is C23H21N3O5S. The third-order valence-corrected chi connectivity index (χ3v) is 5.96.